The van der Waals surface area contributed by atoms with Crippen LogP contribution in [0.3, 0.4) is 0 Å². The number of benzene rings is 1. The third kappa shape index (κ3) is 5.39. The van der Waals surface area contributed by atoms with Crippen molar-refractivity contribution in [1.82, 2.24) is 15.2 Å². The second kappa shape index (κ2) is 9.46. The van der Waals surface area contributed by atoms with E-state index in [4.69, 9.17) is 0 Å². The fourth-order valence-electron chi connectivity index (χ4n) is 3.51. The average molecular weight is 380 g/mol. The van der Waals surface area contributed by atoms with Crippen LogP contribution in [0, 0.1) is 5.92 Å². The highest BCUT2D eigenvalue weighted by Crippen LogP contribution is 2.18. The Morgan fingerprint density at radius 2 is 2.00 bits per heavy atom. The quantitative estimate of drug-likeness (QED) is 0.807. The summed E-state index contributed by atoms with van der Waals surface area (Å²) in [4.78, 5) is 31.2. The second-order valence-corrected chi connectivity index (χ2v) is 7.58. The van der Waals surface area contributed by atoms with E-state index in [1.807, 2.05) is 0 Å². The third-order valence-corrected chi connectivity index (χ3v) is 5.14. The van der Waals surface area contributed by atoms with Gasteiger partial charge in [0.15, 0.2) is 0 Å². The number of nitrogens with one attached hydrogen (secondary N) is 2. The van der Waals surface area contributed by atoms with Crippen LogP contribution >= 0.6 is 0 Å². The van der Waals surface area contributed by atoms with Gasteiger partial charge in [0, 0.05) is 42.8 Å². The molecule has 1 saturated heterocycles. The molecule has 1 aromatic heterocycles. The molecule has 0 aliphatic carbocycles. The molecule has 0 radical (unpaired) electrons. The smallest absolute Gasteiger partial charge is 0.257 e. The summed E-state index contributed by atoms with van der Waals surface area (Å²) in [6, 6.07) is 11.0. The van der Waals surface area contributed by atoms with Crippen molar-refractivity contribution in [2.45, 2.75) is 32.7 Å². The van der Waals surface area contributed by atoms with Gasteiger partial charge in [-0.3, -0.25) is 14.6 Å². The number of anilines is 1. The summed E-state index contributed by atoms with van der Waals surface area (Å²) in [5.41, 5.74) is 1.61. The molecule has 148 valence electrons. The minimum Gasteiger partial charge on any atom is -0.352 e. The lowest BCUT2D eigenvalue weighted by Gasteiger charge is -2.35. The topological polar surface area (TPSA) is 74.3 Å². The fraction of sp³-hybridized carbons (Fsp3) is 0.409. The van der Waals surface area contributed by atoms with Gasteiger partial charge >= 0.3 is 0 Å². The molecule has 3 rings (SSSR count). The van der Waals surface area contributed by atoms with Crippen LogP contribution in [0.25, 0.3) is 0 Å². The molecule has 28 heavy (non-hydrogen) atoms. The highest BCUT2D eigenvalue weighted by molar-refractivity contribution is 6.04. The van der Waals surface area contributed by atoms with E-state index in [0.29, 0.717) is 35.3 Å². The van der Waals surface area contributed by atoms with Crippen LogP contribution in [0.15, 0.2) is 48.8 Å². The second-order valence-electron chi connectivity index (χ2n) is 7.58. The molecule has 1 fully saturated rings. The van der Waals surface area contributed by atoms with Crippen molar-refractivity contribution in [3.8, 4) is 0 Å². The normalized spacial score (nSPS) is 17.3. The Morgan fingerprint density at radius 3 is 2.75 bits per heavy atom. The molecule has 1 aromatic carbocycles. The minimum absolute atomic E-state index is 0.112. The molecule has 1 atom stereocenters. The number of carbonyl (C=O) groups excluding carboxylic acids is 2. The van der Waals surface area contributed by atoms with Crippen LogP contribution in [0.1, 0.15) is 47.4 Å². The van der Waals surface area contributed by atoms with E-state index in [1.54, 1.807) is 42.6 Å². The van der Waals surface area contributed by atoms with Crippen LogP contribution in [-0.2, 0) is 0 Å². The molecule has 0 saturated carbocycles. The maximum Gasteiger partial charge on any atom is 0.257 e. The predicted octanol–water partition coefficient (Wildman–Crippen LogP) is 3.18. The molecular formula is C22H28N4O2. The van der Waals surface area contributed by atoms with E-state index in [9.17, 15) is 9.59 Å². The number of pyridine rings is 1. The Balaban J connectivity index is 1.56. The van der Waals surface area contributed by atoms with E-state index >= 15 is 0 Å². The van der Waals surface area contributed by atoms with E-state index in [0.717, 1.165) is 19.5 Å². The number of rotatable bonds is 6. The van der Waals surface area contributed by atoms with Gasteiger partial charge in [0.05, 0.1) is 5.56 Å². The number of likely N-dealkylation sites (tertiary alicyclic amines) is 1. The van der Waals surface area contributed by atoms with Gasteiger partial charge in [-0.1, -0.05) is 6.07 Å². The van der Waals surface area contributed by atoms with Gasteiger partial charge < -0.3 is 15.5 Å². The van der Waals surface area contributed by atoms with Crippen molar-refractivity contribution in [3.05, 3.63) is 59.9 Å². The molecule has 6 heteroatoms. The standard InChI is InChI=1S/C22H28N4O2/c1-16(2)26-11-5-6-17(15-26)13-24-21(27)18-7-3-9-20(12-18)25-22(28)19-8-4-10-23-14-19/h3-4,7-10,12,14,16-17H,5-6,11,13,15H2,1-2H3,(H,24,27)(H,25,28). The Labute approximate surface area is 166 Å². The van der Waals surface area contributed by atoms with E-state index < -0.39 is 0 Å². The van der Waals surface area contributed by atoms with Gasteiger partial charge in [0.2, 0.25) is 0 Å². The molecular weight excluding hydrogens is 352 g/mol. The summed E-state index contributed by atoms with van der Waals surface area (Å²) in [6.07, 6.45) is 5.45. The first-order valence-electron chi connectivity index (χ1n) is 9.86. The molecule has 1 aliphatic heterocycles. The van der Waals surface area contributed by atoms with E-state index in [-0.39, 0.29) is 11.8 Å². The summed E-state index contributed by atoms with van der Waals surface area (Å²) < 4.78 is 0. The monoisotopic (exact) mass is 380 g/mol. The molecule has 2 heterocycles. The molecule has 2 N–H and O–H groups in total. The largest absolute Gasteiger partial charge is 0.352 e. The summed E-state index contributed by atoms with van der Waals surface area (Å²) in [5.74, 6) is 0.120. The Hall–Kier alpha value is -2.73. The number of piperidine rings is 1. The summed E-state index contributed by atoms with van der Waals surface area (Å²) >= 11 is 0. The zero-order valence-electron chi connectivity index (χ0n) is 16.5. The zero-order valence-corrected chi connectivity index (χ0v) is 16.5. The van der Waals surface area contributed by atoms with Gasteiger partial charge in [-0.05, 0) is 69.5 Å². The maximum atomic E-state index is 12.6. The number of nitrogens with zero attached hydrogens (tertiary/aromatic N) is 2. The Kier molecular flexibility index (Phi) is 6.76. The van der Waals surface area contributed by atoms with Crippen LogP contribution in [0.4, 0.5) is 5.69 Å². The lowest BCUT2D eigenvalue weighted by Crippen LogP contribution is -2.43. The predicted molar refractivity (Wildman–Crippen MR) is 110 cm³/mol. The van der Waals surface area contributed by atoms with Gasteiger partial charge in [-0.15, -0.1) is 0 Å². The number of carbonyl (C=O) groups is 2. The van der Waals surface area contributed by atoms with Crippen LogP contribution in [0.5, 0.6) is 0 Å². The summed E-state index contributed by atoms with van der Waals surface area (Å²) in [5, 5.41) is 5.86. The van der Waals surface area contributed by atoms with Gasteiger partial charge in [0.25, 0.3) is 11.8 Å². The lowest BCUT2D eigenvalue weighted by atomic mass is 9.97. The highest BCUT2D eigenvalue weighted by atomic mass is 16.2. The van der Waals surface area contributed by atoms with Crippen molar-refractivity contribution in [3.63, 3.8) is 0 Å². The lowest BCUT2D eigenvalue weighted by molar-refractivity contribution is 0.0921. The summed E-state index contributed by atoms with van der Waals surface area (Å²) in [7, 11) is 0. The average Bonchev–Trinajstić information content (AvgIpc) is 2.73. The van der Waals surface area contributed by atoms with Crippen LogP contribution in [-0.4, -0.2) is 47.4 Å². The molecule has 1 aliphatic rings. The molecule has 2 aromatic rings. The van der Waals surface area contributed by atoms with E-state index in [2.05, 4.69) is 34.4 Å². The fourth-order valence-corrected chi connectivity index (χ4v) is 3.51. The summed E-state index contributed by atoms with van der Waals surface area (Å²) in [6.45, 7) is 7.27. The molecule has 0 bridgehead atoms. The van der Waals surface area contributed by atoms with Gasteiger partial charge in [-0.25, -0.2) is 0 Å². The molecule has 6 nitrogen and oxygen atoms in total. The Morgan fingerprint density at radius 1 is 1.18 bits per heavy atom. The van der Waals surface area contributed by atoms with Crippen molar-refractivity contribution >= 4 is 17.5 Å². The molecule has 2 amide bonds. The SMILES string of the molecule is CC(C)N1CCCC(CNC(=O)c2cccc(NC(=O)c3cccnc3)c2)C1. The highest BCUT2D eigenvalue weighted by Gasteiger charge is 2.22. The van der Waals surface area contributed by atoms with Gasteiger partial charge in [0.1, 0.15) is 0 Å². The minimum atomic E-state index is -0.248. The Bertz CT molecular complexity index is 807. The molecule has 1 unspecified atom stereocenters. The van der Waals surface area contributed by atoms with Crippen molar-refractivity contribution in [2.75, 3.05) is 25.0 Å². The van der Waals surface area contributed by atoms with Crippen molar-refractivity contribution in [1.29, 1.82) is 0 Å². The molecule has 0 spiro atoms. The first kappa shape index (κ1) is 20.0. The first-order chi connectivity index (χ1) is 13.5. The van der Waals surface area contributed by atoms with Crippen molar-refractivity contribution in [2.24, 2.45) is 5.92 Å². The van der Waals surface area contributed by atoms with Crippen molar-refractivity contribution < 1.29 is 9.59 Å². The number of amides is 2. The zero-order chi connectivity index (χ0) is 19.9. The van der Waals surface area contributed by atoms with Crippen LogP contribution in [0.2, 0.25) is 0 Å². The number of aromatic nitrogens is 1. The number of hydrogen-bond acceptors (Lipinski definition) is 4. The first-order valence-corrected chi connectivity index (χ1v) is 9.86. The van der Waals surface area contributed by atoms with E-state index in [1.165, 1.54) is 12.6 Å². The number of hydrogen-bond donors (Lipinski definition) is 2. The maximum absolute atomic E-state index is 12.6. The third-order valence-electron chi connectivity index (χ3n) is 5.14. The van der Waals surface area contributed by atoms with Gasteiger partial charge in [-0.2, -0.15) is 0 Å². The van der Waals surface area contributed by atoms with Crippen LogP contribution < -0.4 is 10.6 Å².